The lowest BCUT2D eigenvalue weighted by Gasteiger charge is -2.22. The Hall–Kier alpha value is -1.66. The molecule has 0 spiro atoms. The Kier molecular flexibility index (Phi) is 5.95. The lowest BCUT2D eigenvalue weighted by molar-refractivity contribution is -0.384. The van der Waals surface area contributed by atoms with Crippen molar-refractivity contribution in [2.24, 2.45) is 0 Å². The molecule has 1 fully saturated rings. The van der Waals surface area contributed by atoms with Gasteiger partial charge in [0.25, 0.3) is 5.69 Å². The number of nitrogens with one attached hydrogen (secondary N) is 1. The summed E-state index contributed by atoms with van der Waals surface area (Å²) in [7, 11) is 0. The second kappa shape index (κ2) is 7.95. The number of non-ortho nitro benzene ring substituents is 1. The number of nitro groups is 1. The third kappa shape index (κ3) is 4.99. The molecule has 0 radical (unpaired) electrons. The highest BCUT2D eigenvalue weighted by Gasteiger charge is 2.13. The number of hydrogen-bond acceptors (Lipinski definition) is 5. The molecule has 21 heavy (non-hydrogen) atoms. The second-order valence-corrected chi connectivity index (χ2v) is 5.22. The summed E-state index contributed by atoms with van der Waals surface area (Å²) in [5, 5.41) is 14.0. The van der Waals surface area contributed by atoms with E-state index in [9.17, 15) is 10.1 Å². The van der Waals surface area contributed by atoms with Gasteiger partial charge in [-0.05, 0) is 37.8 Å². The van der Waals surface area contributed by atoms with Gasteiger partial charge in [-0.3, -0.25) is 10.1 Å². The van der Waals surface area contributed by atoms with Crippen molar-refractivity contribution in [3.63, 3.8) is 0 Å². The Morgan fingerprint density at radius 1 is 1.43 bits per heavy atom. The van der Waals surface area contributed by atoms with E-state index < -0.39 is 0 Å². The molecular formula is C15H22N2O4. The molecule has 1 aliphatic rings. The van der Waals surface area contributed by atoms with E-state index in [4.69, 9.17) is 9.47 Å². The summed E-state index contributed by atoms with van der Waals surface area (Å²) < 4.78 is 11.1. The van der Waals surface area contributed by atoms with Gasteiger partial charge in [-0.15, -0.1) is 0 Å². The minimum Gasteiger partial charge on any atom is -0.385 e. The van der Waals surface area contributed by atoms with E-state index in [1.54, 1.807) is 12.1 Å². The Labute approximate surface area is 124 Å². The van der Waals surface area contributed by atoms with Crippen LogP contribution in [-0.2, 0) is 9.47 Å². The molecule has 2 rings (SSSR count). The van der Waals surface area contributed by atoms with Gasteiger partial charge in [0.15, 0.2) is 0 Å². The summed E-state index contributed by atoms with van der Waals surface area (Å²) in [5.41, 5.74) is 1.95. The van der Waals surface area contributed by atoms with Crippen LogP contribution in [-0.4, -0.2) is 37.4 Å². The number of nitrogens with zero attached hydrogens (tertiary/aromatic N) is 1. The quantitative estimate of drug-likeness (QED) is 0.475. The van der Waals surface area contributed by atoms with Crippen LogP contribution in [0.15, 0.2) is 18.2 Å². The van der Waals surface area contributed by atoms with Gasteiger partial charge in [0.2, 0.25) is 0 Å². The maximum Gasteiger partial charge on any atom is 0.269 e. The van der Waals surface area contributed by atoms with Crippen LogP contribution in [0.5, 0.6) is 0 Å². The van der Waals surface area contributed by atoms with Crippen LogP contribution >= 0.6 is 0 Å². The van der Waals surface area contributed by atoms with Gasteiger partial charge in [0.1, 0.15) is 0 Å². The largest absolute Gasteiger partial charge is 0.385 e. The van der Waals surface area contributed by atoms with Crippen molar-refractivity contribution in [1.29, 1.82) is 0 Å². The monoisotopic (exact) mass is 294 g/mol. The van der Waals surface area contributed by atoms with Gasteiger partial charge in [-0.1, -0.05) is 0 Å². The van der Waals surface area contributed by atoms with Crippen LogP contribution in [0.25, 0.3) is 0 Å². The normalized spacial score (nSPS) is 15.9. The van der Waals surface area contributed by atoms with Gasteiger partial charge in [0.05, 0.1) is 11.0 Å². The highest BCUT2D eigenvalue weighted by Crippen LogP contribution is 2.21. The van der Waals surface area contributed by atoms with E-state index in [-0.39, 0.29) is 10.6 Å². The van der Waals surface area contributed by atoms with Crippen LogP contribution in [0.3, 0.4) is 0 Å². The maximum atomic E-state index is 10.7. The molecule has 6 heteroatoms. The van der Waals surface area contributed by atoms with Crippen molar-refractivity contribution in [1.82, 2.24) is 0 Å². The topological polar surface area (TPSA) is 73.6 Å². The number of anilines is 1. The van der Waals surface area contributed by atoms with Crippen LogP contribution in [0.4, 0.5) is 11.4 Å². The molecule has 0 unspecified atom stereocenters. The number of nitro benzene ring substituents is 1. The highest BCUT2D eigenvalue weighted by molar-refractivity contribution is 5.55. The van der Waals surface area contributed by atoms with Crippen molar-refractivity contribution in [3.05, 3.63) is 33.9 Å². The lowest BCUT2D eigenvalue weighted by Crippen LogP contribution is -2.24. The first kappa shape index (κ1) is 15.7. The first-order valence-corrected chi connectivity index (χ1v) is 7.35. The van der Waals surface area contributed by atoms with E-state index in [2.05, 4.69) is 5.32 Å². The molecule has 1 aliphatic heterocycles. The SMILES string of the molecule is Cc1cc([N+](=O)[O-])ccc1NCCCOC1CCOCC1. The van der Waals surface area contributed by atoms with Crippen molar-refractivity contribution in [2.75, 3.05) is 31.7 Å². The fourth-order valence-corrected chi connectivity index (χ4v) is 2.35. The predicted octanol–water partition coefficient (Wildman–Crippen LogP) is 2.90. The average molecular weight is 294 g/mol. The Bertz CT molecular complexity index is 473. The average Bonchev–Trinajstić information content (AvgIpc) is 2.49. The van der Waals surface area contributed by atoms with Crippen molar-refractivity contribution in [3.8, 4) is 0 Å². The number of benzene rings is 1. The number of ether oxygens (including phenoxy) is 2. The minimum absolute atomic E-state index is 0.126. The van der Waals surface area contributed by atoms with E-state index >= 15 is 0 Å². The second-order valence-electron chi connectivity index (χ2n) is 5.22. The Morgan fingerprint density at radius 2 is 2.19 bits per heavy atom. The molecule has 0 amide bonds. The standard InChI is InChI=1S/C15H22N2O4/c1-12-11-13(17(18)19)3-4-15(12)16-7-2-8-21-14-5-9-20-10-6-14/h3-4,11,14,16H,2,5-10H2,1H3. The van der Waals surface area contributed by atoms with Crippen LogP contribution in [0, 0.1) is 17.0 Å². The Balaban J connectivity index is 1.67. The molecule has 1 N–H and O–H groups in total. The third-order valence-corrected chi connectivity index (χ3v) is 3.58. The zero-order chi connectivity index (χ0) is 15.1. The molecule has 1 saturated heterocycles. The smallest absolute Gasteiger partial charge is 0.269 e. The molecule has 0 aliphatic carbocycles. The summed E-state index contributed by atoms with van der Waals surface area (Å²) >= 11 is 0. The first-order chi connectivity index (χ1) is 10.2. The summed E-state index contributed by atoms with van der Waals surface area (Å²) in [6.45, 7) is 4.98. The summed E-state index contributed by atoms with van der Waals surface area (Å²) in [4.78, 5) is 10.3. The van der Waals surface area contributed by atoms with Crippen molar-refractivity contribution >= 4 is 11.4 Å². The fraction of sp³-hybridized carbons (Fsp3) is 0.600. The van der Waals surface area contributed by atoms with E-state index in [1.165, 1.54) is 6.07 Å². The van der Waals surface area contributed by atoms with Gasteiger partial charge < -0.3 is 14.8 Å². The molecule has 1 heterocycles. The van der Waals surface area contributed by atoms with Gasteiger partial charge >= 0.3 is 0 Å². The van der Waals surface area contributed by atoms with Gasteiger partial charge in [0, 0.05) is 44.2 Å². The number of aryl methyl sites for hydroxylation is 1. The molecule has 0 aromatic heterocycles. The molecule has 1 aromatic rings. The van der Waals surface area contributed by atoms with Crippen molar-refractivity contribution < 1.29 is 14.4 Å². The molecule has 6 nitrogen and oxygen atoms in total. The molecular weight excluding hydrogens is 272 g/mol. The highest BCUT2D eigenvalue weighted by atomic mass is 16.6. The first-order valence-electron chi connectivity index (χ1n) is 7.35. The summed E-state index contributed by atoms with van der Waals surface area (Å²) in [5.74, 6) is 0. The molecule has 116 valence electrons. The predicted molar refractivity (Wildman–Crippen MR) is 80.7 cm³/mol. The fourth-order valence-electron chi connectivity index (χ4n) is 2.35. The number of rotatable bonds is 7. The van der Waals surface area contributed by atoms with E-state index in [0.29, 0.717) is 6.10 Å². The van der Waals surface area contributed by atoms with Crippen LogP contribution in [0.1, 0.15) is 24.8 Å². The van der Waals surface area contributed by atoms with E-state index in [1.807, 2.05) is 6.92 Å². The van der Waals surface area contributed by atoms with Gasteiger partial charge in [-0.25, -0.2) is 0 Å². The maximum absolute atomic E-state index is 10.7. The zero-order valence-electron chi connectivity index (χ0n) is 12.3. The minimum atomic E-state index is -0.376. The van der Waals surface area contributed by atoms with Gasteiger partial charge in [-0.2, -0.15) is 0 Å². The van der Waals surface area contributed by atoms with Crippen LogP contribution < -0.4 is 5.32 Å². The third-order valence-electron chi connectivity index (χ3n) is 3.58. The molecule has 0 atom stereocenters. The zero-order valence-corrected chi connectivity index (χ0v) is 12.3. The summed E-state index contributed by atoms with van der Waals surface area (Å²) in [6, 6.07) is 4.86. The molecule has 1 aromatic carbocycles. The van der Waals surface area contributed by atoms with E-state index in [0.717, 1.165) is 56.9 Å². The van der Waals surface area contributed by atoms with Crippen LogP contribution in [0.2, 0.25) is 0 Å². The molecule has 0 bridgehead atoms. The summed E-state index contributed by atoms with van der Waals surface area (Å²) in [6.07, 6.45) is 3.21. The lowest BCUT2D eigenvalue weighted by atomic mass is 10.1. The number of hydrogen-bond donors (Lipinski definition) is 1. The Morgan fingerprint density at radius 3 is 2.86 bits per heavy atom. The molecule has 0 saturated carbocycles. The van der Waals surface area contributed by atoms with Crippen molar-refractivity contribution in [2.45, 2.75) is 32.3 Å².